The molecule has 3 N–H and O–H groups in total. The Balaban J connectivity index is 1.71. The van der Waals surface area contributed by atoms with E-state index in [1.54, 1.807) is 13.8 Å². The predicted molar refractivity (Wildman–Crippen MR) is 134 cm³/mol. The second kappa shape index (κ2) is 10.1. The zero-order valence-electron chi connectivity index (χ0n) is 19.8. The molecule has 172 valence electrons. The van der Waals surface area contributed by atoms with Gasteiger partial charge in [-0.25, -0.2) is 5.43 Å². The van der Waals surface area contributed by atoms with Gasteiger partial charge in [-0.2, -0.15) is 0 Å². The molecular weight excluding hydrogens is 418 g/mol. The Bertz CT molecular complexity index is 939. The fraction of sp³-hybridized carbons (Fsp3) is 0.423. The lowest BCUT2D eigenvalue weighted by atomic mass is 9.87. The summed E-state index contributed by atoms with van der Waals surface area (Å²) in [4.78, 5) is 12.9. The molecule has 0 radical (unpaired) electrons. The van der Waals surface area contributed by atoms with E-state index in [1.807, 2.05) is 41.4 Å². The lowest BCUT2D eigenvalue weighted by Gasteiger charge is -2.30. The predicted octanol–water partition coefficient (Wildman–Crippen LogP) is 5.25. The van der Waals surface area contributed by atoms with Gasteiger partial charge in [0.2, 0.25) is 5.91 Å². The zero-order chi connectivity index (χ0) is 23.5. The summed E-state index contributed by atoms with van der Waals surface area (Å²) in [7, 11) is 0. The summed E-state index contributed by atoms with van der Waals surface area (Å²) in [5, 5.41) is 12.4. The van der Waals surface area contributed by atoms with E-state index in [0.717, 1.165) is 16.9 Å². The Hall–Kier alpha value is -2.28. The molecule has 1 amide bonds. The average molecular weight is 454 g/mol. The van der Waals surface area contributed by atoms with Crippen LogP contribution in [0.5, 0.6) is 0 Å². The number of aliphatic hydroxyl groups is 1. The Kier molecular flexibility index (Phi) is 7.70. The van der Waals surface area contributed by atoms with Crippen LogP contribution in [0, 0.1) is 0 Å². The highest BCUT2D eigenvalue weighted by molar-refractivity contribution is 7.98. The van der Waals surface area contributed by atoms with Crippen LogP contribution in [0.2, 0.25) is 0 Å². The summed E-state index contributed by atoms with van der Waals surface area (Å²) in [5.41, 5.74) is 7.63. The topological polar surface area (TPSA) is 64.6 Å². The Morgan fingerprint density at radius 2 is 1.66 bits per heavy atom. The molecule has 1 heterocycles. The highest BCUT2D eigenvalue weighted by Gasteiger charge is 2.33. The van der Waals surface area contributed by atoms with Crippen molar-refractivity contribution in [3.8, 4) is 0 Å². The molecule has 0 spiro atoms. The monoisotopic (exact) mass is 453 g/mol. The minimum Gasteiger partial charge on any atom is -0.384 e. The van der Waals surface area contributed by atoms with Gasteiger partial charge in [-0.15, -0.1) is 0 Å². The third kappa shape index (κ3) is 5.74. The van der Waals surface area contributed by atoms with Crippen LogP contribution in [0.4, 0.5) is 5.69 Å². The van der Waals surface area contributed by atoms with Crippen LogP contribution in [0.15, 0.2) is 60.3 Å². The van der Waals surface area contributed by atoms with Crippen LogP contribution in [0.25, 0.3) is 0 Å². The van der Waals surface area contributed by atoms with E-state index in [0.29, 0.717) is 18.3 Å². The summed E-state index contributed by atoms with van der Waals surface area (Å²) in [6.45, 7) is 12.2. The Morgan fingerprint density at radius 1 is 1.06 bits per heavy atom. The molecule has 5 nitrogen and oxygen atoms in total. The highest BCUT2D eigenvalue weighted by Crippen LogP contribution is 2.32. The van der Waals surface area contributed by atoms with Crippen LogP contribution in [0.1, 0.15) is 70.1 Å². The number of amides is 1. The minimum absolute atomic E-state index is 0.0248. The van der Waals surface area contributed by atoms with Crippen molar-refractivity contribution in [3.05, 3.63) is 77.0 Å². The molecule has 1 unspecified atom stereocenters. The zero-order valence-corrected chi connectivity index (χ0v) is 20.7. The van der Waals surface area contributed by atoms with Crippen molar-refractivity contribution in [1.82, 2.24) is 10.1 Å². The number of carbonyl (C=O) groups excluding carboxylic acids is 1. The minimum atomic E-state index is -1.02. The molecule has 2 aromatic carbocycles. The van der Waals surface area contributed by atoms with Gasteiger partial charge in [-0.1, -0.05) is 64.1 Å². The van der Waals surface area contributed by atoms with E-state index in [4.69, 9.17) is 0 Å². The van der Waals surface area contributed by atoms with Gasteiger partial charge >= 0.3 is 0 Å². The average Bonchev–Trinajstić information content (AvgIpc) is 3.18. The van der Waals surface area contributed by atoms with Crippen LogP contribution in [-0.2, 0) is 11.2 Å². The fourth-order valence-corrected chi connectivity index (χ4v) is 4.70. The maximum atomic E-state index is 12.9. The van der Waals surface area contributed by atoms with E-state index in [2.05, 4.69) is 56.0 Å². The molecule has 0 saturated heterocycles. The number of anilines is 1. The Morgan fingerprint density at radius 3 is 2.19 bits per heavy atom. The smallest absolute Gasteiger partial charge is 0.234 e. The number of hydrogen-bond donors (Lipinski definition) is 3. The van der Waals surface area contributed by atoms with Gasteiger partial charge in [0.15, 0.2) is 0 Å². The molecule has 0 saturated carbocycles. The molecule has 6 heteroatoms. The molecule has 0 aromatic heterocycles. The van der Waals surface area contributed by atoms with Gasteiger partial charge in [0.1, 0.15) is 11.0 Å². The molecule has 0 aliphatic carbocycles. The number of rotatable bonds is 8. The first-order valence-electron chi connectivity index (χ1n) is 11.2. The molecule has 3 rings (SSSR count). The summed E-state index contributed by atoms with van der Waals surface area (Å²) >= 11 is 1.32. The number of nitrogens with zero attached hydrogens (tertiary/aromatic N) is 1. The number of carbonyl (C=O) groups is 1. The quantitative estimate of drug-likeness (QED) is 0.477. The summed E-state index contributed by atoms with van der Waals surface area (Å²) < 4.78 is 3.01. The van der Waals surface area contributed by atoms with Crippen molar-refractivity contribution in [3.63, 3.8) is 0 Å². The van der Waals surface area contributed by atoms with Crippen molar-refractivity contribution in [1.29, 1.82) is 0 Å². The van der Waals surface area contributed by atoms with Crippen molar-refractivity contribution < 1.29 is 9.90 Å². The van der Waals surface area contributed by atoms with E-state index in [9.17, 15) is 9.90 Å². The molecular formula is C26H35N3O2S. The van der Waals surface area contributed by atoms with Gasteiger partial charge < -0.3 is 5.11 Å². The first kappa shape index (κ1) is 24.4. The number of para-hydroxylation sites is 1. The highest BCUT2D eigenvalue weighted by atomic mass is 32.2. The summed E-state index contributed by atoms with van der Waals surface area (Å²) in [5.74, 6) is 0.692. The van der Waals surface area contributed by atoms with Crippen LogP contribution in [0.3, 0.4) is 0 Å². The summed E-state index contributed by atoms with van der Waals surface area (Å²) in [6, 6.07) is 16.2. The fourth-order valence-electron chi connectivity index (χ4n) is 4.02. The molecule has 1 aliphatic rings. The van der Waals surface area contributed by atoms with Crippen molar-refractivity contribution in [2.24, 2.45) is 0 Å². The van der Waals surface area contributed by atoms with Crippen molar-refractivity contribution in [2.75, 3.05) is 5.01 Å². The second-order valence-corrected chi connectivity index (χ2v) is 10.3. The first-order chi connectivity index (χ1) is 15.1. The van der Waals surface area contributed by atoms with Crippen LogP contribution < -0.4 is 15.2 Å². The second-order valence-electron chi connectivity index (χ2n) is 9.38. The maximum absolute atomic E-state index is 12.9. The third-order valence-corrected chi connectivity index (χ3v) is 6.42. The first-order valence-corrected chi connectivity index (χ1v) is 12.1. The van der Waals surface area contributed by atoms with Gasteiger partial charge in [0.25, 0.3) is 0 Å². The van der Waals surface area contributed by atoms with Gasteiger partial charge in [0.05, 0.1) is 17.8 Å². The van der Waals surface area contributed by atoms with Crippen molar-refractivity contribution in [2.45, 2.75) is 70.8 Å². The van der Waals surface area contributed by atoms with E-state index in [1.165, 1.54) is 23.1 Å². The molecule has 0 fully saturated rings. The van der Waals surface area contributed by atoms with Gasteiger partial charge in [-0.05, 0) is 72.5 Å². The largest absolute Gasteiger partial charge is 0.384 e. The van der Waals surface area contributed by atoms with Gasteiger partial charge in [-0.3, -0.25) is 14.5 Å². The van der Waals surface area contributed by atoms with E-state index in [-0.39, 0.29) is 11.3 Å². The van der Waals surface area contributed by atoms with E-state index >= 15 is 0 Å². The number of benzene rings is 2. The standard InChI is InChI=1S/C26H35N3O2S/c1-17(2)20-13-10-14-21(18(3)4)22(20)15-24(30)28-32-25-16-23(26(5,6)31)29(27-25)19-11-8-7-9-12-19/h7-14,16-18,25,27,31H,15H2,1-6H3,(H,28,30). The van der Waals surface area contributed by atoms with Gasteiger partial charge in [0, 0.05) is 0 Å². The molecule has 2 aromatic rings. The van der Waals surface area contributed by atoms with Crippen molar-refractivity contribution >= 4 is 23.5 Å². The SMILES string of the molecule is CC(C)c1cccc(C(C)C)c1CC(=O)NSC1C=C(C(C)(C)O)N(c2ccccc2)N1. The normalized spacial score (nSPS) is 16.6. The molecule has 1 aliphatic heterocycles. The lowest BCUT2D eigenvalue weighted by molar-refractivity contribution is -0.118. The maximum Gasteiger partial charge on any atom is 0.234 e. The molecule has 0 bridgehead atoms. The number of hydrogen-bond acceptors (Lipinski definition) is 5. The molecule has 1 atom stereocenters. The third-order valence-electron chi connectivity index (χ3n) is 5.58. The number of hydrazine groups is 1. The number of nitrogens with one attached hydrogen (secondary N) is 2. The Labute approximate surface area is 196 Å². The summed E-state index contributed by atoms with van der Waals surface area (Å²) in [6.07, 6.45) is 2.31. The van der Waals surface area contributed by atoms with E-state index < -0.39 is 5.60 Å². The van der Waals surface area contributed by atoms with Crippen LogP contribution >= 0.6 is 11.9 Å². The lowest BCUT2D eigenvalue weighted by Crippen LogP contribution is -2.42. The van der Waals surface area contributed by atoms with Crippen LogP contribution in [-0.4, -0.2) is 22.0 Å². The molecule has 32 heavy (non-hydrogen) atoms.